The highest BCUT2D eigenvalue weighted by Gasteiger charge is 2.28. The quantitative estimate of drug-likeness (QED) is 0.871. The lowest BCUT2D eigenvalue weighted by Gasteiger charge is -2.34. The molecule has 1 saturated heterocycles. The summed E-state index contributed by atoms with van der Waals surface area (Å²) < 4.78 is 27.0. The van der Waals surface area contributed by atoms with Gasteiger partial charge in [-0.1, -0.05) is 0 Å². The highest BCUT2D eigenvalue weighted by atomic mass is 32.2. The summed E-state index contributed by atoms with van der Waals surface area (Å²) in [6.45, 7) is 3.28. The number of rotatable bonds is 4. The summed E-state index contributed by atoms with van der Waals surface area (Å²) in [5.74, 6) is 0.551. The van der Waals surface area contributed by atoms with Crippen LogP contribution in [0.2, 0.25) is 0 Å². The van der Waals surface area contributed by atoms with Crippen LogP contribution in [-0.4, -0.2) is 55.0 Å². The summed E-state index contributed by atoms with van der Waals surface area (Å²) in [5, 5.41) is 10.5. The van der Waals surface area contributed by atoms with Crippen molar-refractivity contribution in [1.82, 2.24) is 14.5 Å². The standard InChI is InChI=1S/C16H19N5O3S/c1-13(22)18-14-4-6-15(7-5-14)25(23,24)21-11-9-20(10-12-21)16-3-2-8-17-19-16/h2-8H,9-12H2,1H3,(H,18,22). The van der Waals surface area contributed by atoms with Gasteiger partial charge >= 0.3 is 0 Å². The Balaban J connectivity index is 1.68. The molecule has 9 heteroatoms. The van der Waals surface area contributed by atoms with Crippen LogP contribution >= 0.6 is 0 Å². The SMILES string of the molecule is CC(=O)Nc1ccc(S(=O)(=O)N2CCN(c3cccnn3)CC2)cc1. The number of aromatic nitrogens is 2. The smallest absolute Gasteiger partial charge is 0.243 e. The molecule has 3 rings (SSSR count). The third-order valence-electron chi connectivity index (χ3n) is 3.93. The maximum Gasteiger partial charge on any atom is 0.243 e. The Kier molecular flexibility index (Phi) is 4.95. The van der Waals surface area contributed by atoms with Crippen LogP contribution in [0.4, 0.5) is 11.5 Å². The van der Waals surface area contributed by atoms with E-state index < -0.39 is 10.0 Å². The number of nitrogens with one attached hydrogen (secondary N) is 1. The van der Waals surface area contributed by atoms with Crippen molar-refractivity contribution < 1.29 is 13.2 Å². The first-order valence-corrected chi connectivity index (χ1v) is 9.31. The van der Waals surface area contributed by atoms with Crippen LogP contribution in [0.15, 0.2) is 47.5 Å². The highest BCUT2D eigenvalue weighted by Crippen LogP contribution is 2.21. The molecule has 0 spiro atoms. The summed E-state index contributed by atoms with van der Waals surface area (Å²) in [5.41, 5.74) is 0.568. The van der Waals surface area contributed by atoms with E-state index in [1.54, 1.807) is 18.3 Å². The first kappa shape index (κ1) is 17.3. The van der Waals surface area contributed by atoms with E-state index >= 15 is 0 Å². The van der Waals surface area contributed by atoms with Gasteiger partial charge < -0.3 is 10.2 Å². The molecular formula is C16H19N5O3S. The second kappa shape index (κ2) is 7.16. The van der Waals surface area contributed by atoms with Crippen LogP contribution < -0.4 is 10.2 Å². The highest BCUT2D eigenvalue weighted by molar-refractivity contribution is 7.89. The van der Waals surface area contributed by atoms with E-state index in [4.69, 9.17) is 0 Å². The zero-order chi connectivity index (χ0) is 17.9. The fraction of sp³-hybridized carbons (Fsp3) is 0.312. The molecule has 1 aliphatic heterocycles. The predicted octanol–water partition coefficient (Wildman–Crippen LogP) is 0.946. The molecular weight excluding hydrogens is 342 g/mol. The van der Waals surface area contributed by atoms with Crippen molar-refractivity contribution in [2.24, 2.45) is 0 Å². The van der Waals surface area contributed by atoms with Crippen molar-refractivity contribution in [3.63, 3.8) is 0 Å². The maximum atomic E-state index is 12.8. The molecule has 0 aliphatic carbocycles. The first-order chi connectivity index (χ1) is 12.0. The summed E-state index contributed by atoms with van der Waals surface area (Å²) in [6.07, 6.45) is 1.61. The number of piperazine rings is 1. The topological polar surface area (TPSA) is 95.5 Å². The van der Waals surface area contributed by atoms with Gasteiger partial charge in [0.05, 0.1) is 4.90 Å². The second-order valence-corrected chi connectivity index (χ2v) is 7.62. The Morgan fingerprint density at radius 1 is 1.08 bits per heavy atom. The number of nitrogens with zero attached hydrogens (tertiary/aromatic N) is 4. The van der Waals surface area contributed by atoms with Crippen molar-refractivity contribution in [1.29, 1.82) is 0 Å². The third-order valence-corrected chi connectivity index (χ3v) is 5.85. The molecule has 132 valence electrons. The van der Waals surface area contributed by atoms with Crippen molar-refractivity contribution >= 4 is 27.4 Å². The van der Waals surface area contributed by atoms with E-state index in [1.807, 2.05) is 17.0 Å². The van der Waals surface area contributed by atoms with Crippen molar-refractivity contribution in [3.05, 3.63) is 42.6 Å². The van der Waals surface area contributed by atoms with Crippen molar-refractivity contribution in [2.75, 3.05) is 36.4 Å². The van der Waals surface area contributed by atoms with E-state index in [-0.39, 0.29) is 10.8 Å². The number of carbonyl (C=O) groups excluding carboxylic acids is 1. The van der Waals surface area contributed by atoms with Gasteiger partial charge in [-0.05, 0) is 36.4 Å². The van der Waals surface area contributed by atoms with Crippen LogP contribution in [-0.2, 0) is 14.8 Å². The lowest BCUT2D eigenvalue weighted by molar-refractivity contribution is -0.114. The van der Waals surface area contributed by atoms with Gasteiger partial charge in [0.1, 0.15) is 0 Å². The minimum absolute atomic E-state index is 0.198. The summed E-state index contributed by atoms with van der Waals surface area (Å²) in [6, 6.07) is 9.86. The maximum absolute atomic E-state index is 12.8. The van der Waals surface area contributed by atoms with E-state index in [9.17, 15) is 13.2 Å². The van der Waals surface area contributed by atoms with Gasteiger partial charge in [-0.25, -0.2) is 8.42 Å². The van der Waals surface area contributed by atoms with E-state index in [2.05, 4.69) is 15.5 Å². The second-order valence-electron chi connectivity index (χ2n) is 5.68. The molecule has 8 nitrogen and oxygen atoms in total. The Bertz CT molecular complexity index is 832. The number of benzene rings is 1. The van der Waals surface area contributed by atoms with Crippen LogP contribution in [0.1, 0.15) is 6.92 Å². The zero-order valence-electron chi connectivity index (χ0n) is 13.8. The molecule has 0 radical (unpaired) electrons. The Hall–Kier alpha value is -2.52. The number of carbonyl (C=O) groups is 1. The van der Waals surface area contributed by atoms with E-state index in [0.717, 1.165) is 5.82 Å². The molecule has 2 aromatic rings. The van der Waals surface area contributed by atoms with E-state index in [0.29, 0.717) is 31.9 Å². The molecule has 1 aliphatic rings. The summed E-state index contributed by atoms with van der Waals surface area (Å²) >= 11 is 0. The summed E-state index contributed by atoms with van der Waals surface area (Å²) in [7, 11) is -3.55. The predicted molar refractivity (Wildman–Crippen MR) is 93.7 cm³/mol. The Morgan fingerprint density at radius 2 is 1.76 bits per heavy atom. The number of hydrogen-bond donors (Lipinski definition) is 1. The fourth-order valence-corrected chi connectivity index (χ4v) is 4.10. The van der Waals surface area contributed by atoms with Gasteiger partial charge in [0.25, 0.3) is 0 Å². The fourth-order valence-electron chi connectivity index (χ4n) is 2.68. The van der Waals surface area contributed by atoms with E-state index in [1.165, 1.54) is 23.4 Å². The largest absolute Gasteiger partial charge is 0.352 e. The van der Waals surface area contributed by atoms with Gasteiger partial charge in [-0.3, -0.25) is 4.79 Å². The number of anilines is 2. The lowest BCUT2D eigenvalue weighted by Crippen LogP contribution is -2.48. The molecule has 0 atom stereocenters. The molecule has 2 heterocycles. The average Bonchev–Trinajstić information content (AvgIpc) is 2.62. The lowest BCUT2D eigenvalue weighted by atomic mass is 10.3. The minimum atomic E-state index is -3.55. The zero-order valence-corrected chi connectivity index (χ0v) is 14.6. The summed E-state index contributed by atoms with van der Waals surface area (Å²) in [4.78, 5) is 13.3. The number of sulfonamides is 1. The Morgan fingerprint density at radius 3 is 2.32 bits per heavy atom. The van der Waals surface area contributed by atoms with Gasteiger partial charge in [0.2, 0.25) is 15.9 Å². The molecule has 1 fully saturated rings. The molecule has 0 saturated carbocycles. The molecule has 1 amide bonds. The third kappa shape index (κ3) is 3.94. The normalized spacial score (nSPS) is 15.8. The number of amides is 1. The first-order valence-electron chi connectivity index (χ1n) is 7.87. The molecule has 1 aromatic carbocycles. The van der Waals surface area contributed by atoms with Crippen LogP contribution in [0.3, 0.4) is 0 Å². The number of hydrogen-bond acceptors (Lipinski definition) is 6. The van der Waals surface area contributed by atoms with Crippen LogP contribution in [0.5, 0.6) is 0 Å². The van der Waals surface area contributed by atoms with Gasteiger partial charge in [-0.2, -0.15) is 9.40 Å². The van der Waals surface area contributed by atoms with Crippen molar-refractivity contribution in [2.45, 2.75) is 11.8 Å². The minimum Gasteiger partial charge on any atom is -0.352 e. The van der Waals surface area contributed by atoms with Crippen LogP contribution in [0.25, 0.3) is 0 Å². The molecule has 25 heavy (non-hydrogen) atoms. The molecule has 0 unspecified atom stereocenters. The van der Waals surface area contributed by atoms with Crippen LogP contribution in [0, 0.1) is 0 Å². The average molecular weight is 361 g/mol. The molecule has 0 bridgehead atoms. The molecule has 1 N–H and O–H groups in total. The van der Waals surface area contributed by atoms with Gasteiger partial charge in [0.15, 0.2) is 5.82 Å². The Labute approximate surface area is 146 Å². The van der Waals surface area contributed by atoms with Gasteiger partial charge in [-0.15, -0.1) is 5.10 Å². The van der Waals surface area contributed by atoms with Gasteiger partial charge in [0, 0.05) is 45.0 Å². The molecule has 1 aromatic heterocycles. The monoisotopic (exact) mass is 361 g/mol. The van der Waals surface area contributed by atoms with Crippen molar-refractivity contribution in [3.8, 4) is 0 Å².